The smallest absolute Gasteiger partial charge is 0.184 e. The molecule has 0 aromatic carbocycles. The summed E-state index contributed by atoms with van der Waals surface area (Å²) < 4.78 is 13.2. The first kappa shape index (κ1) is 11.8. The normalized spacial score (nSPS) is 10.7. The van der Waals surface area contributed by atoms with Crippen LogP contribution in [0.4, 0.5) is 4.39 Å². The van der Waals surface area contributed by atoms with Gasteiger partial charge in [-0.05, 0) is 18.1 Å². The number of hydrogen-bond acceptors (Lipinski definition) is 2. The average Bonchev–Trinajstić information content (AvgIpc) is 2.26. The van der Waals surface area contributed by atoms with Gasteiger partial charge in [0.15, 0.2) is 11.6 Å². The van der Waals surface area contributed by atoms with Crippen LogP contribution in [0.3, 0.4) is 0 Å². The van der Waals surface area contributed by atoms with E-state index in [2.05, 4.69) is 4.98 Å². The van der Waals surface area contributed by atoms with Crippen molar-refractivity contribution in [1.82, 2.24) is 4.98 Å². The lowest BCUT2D eigenvalue weighted by molar-refractivity contribution is 0.0949. The first-order valence-corrected chi connectivity index (χ1v) is 5.32. The molecule has 0 amide bonds. The molecule has 0 bridgehead atoms. The van der Waals surface area contributed by atoms with Crippen LogP contribution in [-0.4, -0.2) is 10.8 Å². The molecule has 82 valence electrons. The molecule has 0 aliphatic carbocycles. The Labute approximate surface area is 89.5 Å². The van der Waals surface area contributed by atoms with E-state index in [1.54, 1.807) is 0 Å². The fraction of sp³-hybridized carbons (Fsp3) is 0.500. The van der Waals surface area contributed by atoms with E-state index in [-0.39, 0.29) is 11.5 Å². The summed E-state index contributed by atoms with van der Waals surface area (Å²) in [6, 6.07) is 2.76. The number of carbonyl (C=O) groups is 1. The first-order chi connectivity index (χ1) is 7.19. The highest BCUT2D eigenvalue weighted by Crippen LogP contribution is 2.16. The summed E-state index contributed by atoms with van der Waals surface area (Å²) in [5.41, 5.74) is -0.0237. The Hall–Kier alpha value is -1.25. The van der Waals surface area contributed by atoms with E-state index >= 15 is 0 Å². The van der Waals surface area contributed by atoms with Gasteiger partial charge in [-0.15, -0.1) is 0 Å². The molecule has 0 atom stereocenters. The molecule has 0 spiro atoms. The second-order valence-electron chi connectivity index (χ2n) is 3.64. The Kier molecular flexibility index (Phi) is 4.40. The minimum atomic E-state index is -0.520. The minimum Gasteiger partial charge on any atom is -0.292 e. The lowest BCUT2D eigenvalue weighted by atomic mass is 9.95. The van der Waals surface area contributed by atoms with Gasteiger partial charge < -0.3 is 0 Å². The summed E-state index contributed by atoms with van der Waals surface area (Å²) >= 11 is 0. The van der Waals surface area contributed by atoms with Crippen LogP contribution in [-0.2, 0) is 0 Å². The van der Waals surface area contributed by atoms with Crippen LogP contribution in [0, 0.1) is 11.7 Å². The summed E-state index contributed by atoms with van der Waals surface area (Å²) in [6.45, 7) is 4.08. The molecule has 0 aliphatic heterocycles. The molecule has 1 aromatic rings. The monoisotopic (exact) mass is 209 g/mol. The Balaban J connectivity index is 2.73. The van der Waals surface area contributed by atoms with Gasteiger partial charge in [0.05, 0.1) is 0 Å². The van der Waals surface area contributed by atoms with Gasteiger partial charge in [-0.2, -0.15) is 0 Å². The minimum absolute atomic E-state index is 0.0237. The second kappa shape index (κ2) is 5.59. The Morgan fingerprint density at radius 1 is 1.47 bits per heavy atom. The molecule has 0 aliphatic rings. The van der Waals surface area contributed by atoms with Gasteiger partial charge in [0.2, 0.25) is 0 Å². The van der Waals surface area contributed by atoms with Crippen LogP contribution in [0.2, 0.25) is 0 Å². The highest BCUT2D eigenvalue weighted by atomic mass is 19.1. The molecular formula is C12H16FNO. The Bertz CT molecular complexity index is 334. The third-order valence-electron chi connectivity index (χ3n) is 2.65. The zero-order valence-corrected chi connectivity index (χ0v) is 9.16. The number of pyridine rings is 1. The third kappa shape index (κ3) is 3.11. The summed E-state index contributed by atoms with van der Waals surface area (Å²) in [4.78, 5) is 15.5. The van der Waals surface area contributed by atoms with Crippen LogP contribution < -0.4 is 0 Å². The molecule has 3 heteroatoms. The van der Waals surface area contributed by atoms with Gasteiger partial charge >= 0.3 is 0 Å². The second-order valence-corrected chi connectivity index (χ2v) is 3.64. The van der Waals surface area contributed by atoms with Crippen molar-refractivity contribution in [2.24, 2.45) is 5.92 Å². The molecule has 0 radical (unpaired) electrons. The molecule has 1 heterocycles. The van der Waals surface area contributed by atoms with Crippen LogP contribution >= 0.6 is 0 Å². The van der Waals surface area contributed by atoms with Crippen molar-refractivity contribution in [3.63, 3.8) is 0 Å². The highest BCUT2D eigenvalue weighted by Gasteiger charge is 2.16. The molecule has 1 rings (SSSR count). The first-order valence-electron chi connectivity index (χ1n) is 5.32. The molecule has 0 unspecified atom stereocenters. The number of rotatable bonds is 5. The standard InChI is InChI=1S/C12H16FNO/c1-3-9(4-2)8-11(15)12-10(13)6-5-7-14-12/h5-7,9H,3-4,8H2,1-2H3. The zero-order chi connectivity index (χ0) is 11.3. The number of ketones is 1. The molecule has 0 saturated heterocycles. The quantitative estimate of drug-likeness (QED) is 0.697. The summed E-state index contributed by atoms with van der Waals surface area (Å²) in [5.74, 6) is -0.380. The predicted molar refractivity (Wildman–Crippen MR) is 57.2 cm³/mol. The average molecular weight is 209 g/mol. The van der Waals surface area contributed by atoms with Crippen molar-refractivity contribution in [2.45, 2.75) is 33.1 Å². The highest BCUT2D eigenvalue weighted by molar-refractivity contribution is 5.94. The number of halogens is 1. The molecule has 2 nitrogen and oxygen atoms in total. The van der Waals surface area contributed by atoms with Crippen molar-refractivity contribution >= 4 is 5.78 Å². The number of nitrogens with zero attached hydrogens (tertiary/aromatic N) is 1. The van der Waals surface area contributed by atoms with Gasteiger partial charge in [0, 0.05) is 12.6 Å². The predicted octanol–water partition coefficient (Wildman–Crippen LogP) is 3.23. The van der Waals surface area contributed by atoms with Crippen LogP contribution in [0.1, 0.15) is 43.6 Å². The van der Waals surface area contributed by atoms with Gasteiger partial charge in [-0.3, -0.25) is 9.78 Å². The van der Waals surface area contributed by atoms with E-state index in [4.69, 9.17) is 0 Å². The Morgan fingerprint density at radius 2 is 2.13 bits per heavy atom. The third-order valence-corrected chi connectivity index (χ3v) is 2.65. The maximum absolute atomic E-state index is 13.2. The fourth-order valence-corrected chi connectivity index (χ4v) is 1.53. The van der Waals surface area contributed by atoms with E-state index in [0.29, 0.717) is 12.3 Å². The zero-order valence-electron chi connectivity index (χ0n) is 9.16. The molecule has 1 aromatic heterocycles. The lowest BCUT2D eigenvalue weighted by Gasteiger charge is -2.10. The maximum Gasteiger partial charge on any atom is 0.184 e. The Morgan fingerprint density at radius 3 is 2.67 bits per heavy atom. The van der Waals surface area contributed by atoms with Crippen molar-refractivity contribution in [3.05, 3.63) is 29.8 Å². The van der Waals surface area contributed by atoms with E-state index in [1.807, 2.05) is 13.8 Å². The van der Waals surface area contributed by atoms with E-state index < -0.39 is 5.82 Å². The van der Waals surface area contributed by atoms with Gasteiger partial charge in [-0.1, -0.05) is 26.7 Å². The summed E-state index contributed by atoms with van der Waals surface area (Å²) in [5, 5.41) is 0. The number of carbonyl (C=O) groups excluding carboxylic acids is 1. The fourth-order valence-electron chi connectivity index (χ4n) is 1.53. The summed E-state index contributed by atoms with van der Waals surface area (Å²) in [6.07, 6.45) is 3.72. The lowest BCUT2D eigenvalue weighted by Crippen LogP contribution is -2.10. The number of hydrogen-bond donors (Lipinski definition) is 0. The van der Waals surface area contributed by atoms with Crippen molar-refractivity contribution in [1.29, 1.82) is 0 Å². The maximum atomic E-state index is 13.2. The number of aromatic nitrogens is 1. The van der Waals surface area contributed by atoms with Crippen molar-refractivity contribution in [3.8, 4) is 0 Å². The van der Waals surface area contributed by atoms with Crippen molar-refractivity contribution in [2.75, 3.05) is 0 Å². The molecular weight excluding hydrogens is 193 g/mol. The SMILES string of the molecule is CCC(CC)CC(=O)c1ncccc1F. The topological polar surface area (TPSA) is 30.0 Å². The van der Waals surface area contributed by atoms with E-state index in [1.165, 1.54) is 18.3 Å². The van der Waals surface area contributed by atoms with Crippen LogP contribution in [0.25, 0.3) is 0 Å². The molecule has 15 heavy (non-hydrogen) atoms. The van der Waals surface area contributed by atoms with Gasteiger partial charge in [0.25, 0.3) is 0 Å². The van der Waals surface area contributed by atoms with Crippen LogP contribution in [0.5, 0.6) is 0 Å². The van der Waals surface area contributed by atoms with Gasteiger partial charge in [-0.25, -0.2) is 4.39 Å². The molecule has 0 fully saturated rings. The van der Waals surface area contributed by atoms with Crippen LogP contribution in [0.15, 0.2) is 18.3 Å². The summed E-state index contributed by atoms with van der Waals surface area (Å²) in [7, 11) is 0. The van der Waals surface area contributed by atoms with E-state index in [0.717, 1.165) is 12.8 Å². The van der Waals surface area contributed by atoms with Crippen molar-refractivity contribution < 1.29 is 9.18 Å². The molecule has 0 N–H and O–H groups in total. The molecule has 0 saturated carbocycles. The van der Waals surface area contributed by atoms with E-state index in [9.17, 15) is 9.18 Å². The van der Waals surface area contributed by atoms with Gasteiger partial charge in [0.1, 0.15) is 5.69 Å². The number of Topliss-reactive ketones (excluding diaryl/α,β-unsaturated/α-hetero) is 1. The largest absolute Gasteiger partial charge is 0.292 e.